The molecular weight excluding hydrogens is 418 g/mol. The summed E-state index contributed by atoms with van der Waals surface area (Å²) in [6, 6.07) is 4.00. The predicted molar refractivity (Wildman–Crippen MR) is 105 cm³/mol. The van der Waals surface area contributed by atoms with Gasteiger partial charge in [-0.2, -0.15) is 0 Å². The van der Waals surface area contributed by atoms with Crippen LogP contribution in [0.1, 0.15) is 54.8 Å². The molecule has 1 aromatic heterocycles. The molecule has 1 fully saturated rings. The van der Waals surface area contributed by atoms with Gasteiger partial charge in [-0.05, 0) is 48.9 Å². The van der Waals surface area contributed by atoms with Gasteiger partial charge in [-0.15, -0.1) is 10.2 Å². The van der Waals surface area contributed by atoms with Gasteiger partial charge in [-0.25, -0.2) is 0 Å². The zero-order valence-corrected chi connectivity index (χ0v) is 17.4. The maximum atomic E-state index is 12.2. The van der Waals surface area contributed by atoms with Crippen LogP contribution in [0.3, 0.4) is 0 Å². The van der Waals surface area contributed by atoms with Crippen LogP contribution in [0, 0.1) is 6.92 Å². The number of hydrogen-bond donors (Lipinski definition) is 1. The van der Waals surface area contributed by atoms with Crippen molar-refractivity contribution < 1.29 is 14.3 Å². The number of nitrogens with zero attached hydrogens (tertiary/aromatic N) is 2. The molecule has 1 atom stereocenters. The van der Waals surface area contributed by atoms with E-state index in [1.807, 2.05) is 19.1 Å². The Balaban J connectivity index is 1.60. The van der Waals surface area contributed by atoms with E-state index in [1.54, 1.807) is 0 Å². The van der Waals surface area contributed by atoms with Crippen molar-refractivity contribution in [1.82, 2.24) is 10.2 Å². The summed E-state index contributed by atoms with van der Waals surface area (Å²) in [6.07, 6.45) is 1.99. The number of halogens is 1. The molecule has 0 bridgehead atoms. The Bertz CT molecular complexity index is 788. The SMILES string of the molecule is Cc1cc(OCC(=O)Nc2nnc([C@H]3CCCO3)s2)c(C(C)C)cc1Br. The van der Waals surface area contributed by atoms with E-state index in [0.717, 1.165) is 45.8 Å². The Labute approximate surface area is 165 Å². The molecule has 0 saturated carbocycles. The first kappa shape index (κ1) is 19.3. The van der Waals surface area contributed by atoms with E-state index < -0.39 is 0 Å². The highest BCUT2D eigenvalue weighted by atomic mass is 79.9. The summed E-state index contributed by atoms with van der Waals surface area (Å²) in [5.74, 6) is 0.769. The van der Waals surface area contributed by atoms with Crippen LogP contribution < -0.4 is 10.1 Å². The standard InChI is InChI=1S/C18H22BrN3O3S/c1-10(2)12-8-13(19)11(3)7-15(12)25-9-16(23)20-18-22-21-17(26-18)14-5-4-6-24-14/h7-8,10,14H,4-6,9H2,1-3H3,(H,20,22,23)/t14-/m1/s1. The van der Waals surface area contributed by atoms with Gasteiger partial charge in [-0.1, -0.05) is 41.1 Å². The molecule has 140 valence electrons. The second kappa shape index (κ2) is 8.45. The molecule has 26 heavy (non-hydrogen) atoms. The van der Waals surface area contributed by atoms with Crippen molar-refractivity contribution >= 4 is 38.3 Å². The van der Waals surface area contributed by atoms with Gasteiger partial charge in [0, 0.05) is 11.1 Å². The Kier molecular flexibility index (Phi) is 6.26. The first-order valence-electron chi connectivity index (χ1n) is 8.61. The molecule has 8 heteroatoms. The van der Waals surface area contributed by atoms with Crippen LogP contribution in [0.4, 0.5) is 5.13 Å². The van der Waals surface area contributed by atoms with Gasteiger partial charge in [0.05, 0.1) is 0 Å². The summed E-state index contributed by atoms with van der Waals surface area (Å²) >= 11 is 4.90. The van der Waals surface area contributed by atoms with Gasteiger partial charge in [0.15, 0.2) is 6.61 Å². The van der Waals surface area contributed by atoms with Gasteiger partial charge in [0.2, 0.25) is 5.13 Å². The fourth-order valence-corrected chi connectivity index (χ4v) is 3.94. The van der Waals surface area contributed by atoms with Crippen LogP contribution in [-0.4, -0.2) is 29.3 Å². The Morgan fingerprint density at radius 1 is 1.46 bits per heavy atom. The lowest BCUT2D eigenvalue weighted by Gasteiger charge is -2.15. The topological polar surface area (TPSA) is 73.3 Å². The number of anilines is 1. The highest BCUT2D eigenvalue weighted by molar-refractivity contribution is 9.10. The van der Waals surface area contributed by atoms with Crippen LogP contribution >= 0.6 is 27.3 Å². The Morgan fingerprint density at radius 3 is 2.96 bits per heavy atom. The number of hydrogen-bond acceptors (Lipinski definition) is 6. The smallest absolute Gasteiger partial charge is 0.264 e. The summed E-state index contributed by atoms with van der Waals surface area (Å²) in [6.45, 7) is 6.87. The largest absolute Gasteiger partial charge is 0.483 e. The van der Waals surface area contributed by atoms with Gasteiger partial charge >= 0.3 is 0 Å². The zero-order valence-electron chi connectivity index (χ0n) is 15.0. The molecule has 1 aliphatic heterocycles. The molecule has 0 aliphatic carbocycles. The summed E-state index contributed by atoms with van der Waals surface area (Å²) < 4.78 is 12.4. The number of benzene rings is 1. The van der Waals surface area contributed by atoms with Crippen LogP contribution in [0.2, 0.25) is 0 Å². The molecule has 1 N–H and O–H groups in total. The third kappa shape index (κ3) is 4.61. The minimum atomic E-state index is -0.254. The number of nitrogens with one attached hydrogen (secondary N) is 1. The maximum absolute atomic E-state index is 12.2. The van der Waals surface area contributed by atoms with Crippen LogP contribution in [-0.2, 0) is 9.53 Å². The number of ether oxygens (including phenoxy) is 2. The Morgan fingerprint density at radius 2 is 2.27 bits per heavy atom. The molecule has 3 rings (SSSR count). The fourth-order valence-electron chi connectivity index (χ4n) is 2.73. The highest BCUT2D eigenvalue weighted by Crippen LogP contribution is 2.33. The molecule has 1 amide bonds. The molecular formula is C18H22BrN3O3S. The molecule has 1 aromatic carbocycles. The van der Waals surface area contributed by atoms with Crippen molar-refractivity contribution in [3.63, 3.8) is 0 Å². The second-order valence-corrected chi connectivity index (χ2v) is 8.44. The second-order valence-electron chi connectivity index (χ2n) is 6.58. The van der Waals surface area contributed by atoms with Crippen LogP contribution in [0.25, 0.3) is 0 Å². The minimum Gasteiger partial charge on any atom is -0.483 e. The number of carbonyl (C=O) groups is 1. The molecule has 2 heterocycles. The molecule has 1 saturated heterocycles. The minimum absolute atomic E-state index is 0.00810. The number of rotatable bonds is 6. The lowest BCUT2D eigenvalue weighted by Crippen LogP contribution is -2.20. The summed E-state index contributed by atoms with van der Waals surface area (Å²) in [5, 5.41) is 12.2. The number of aromatic nitrogens is 2. The third-order valence-electron chi connectivity index (χ3n) is 4.16. The Hall–Kier alpha value is -1.51. The summed E-state index contributed by atoms with van der Waals surface area (Å²) in [5.41, 5.74) is 2.13. The fraction of sp³-hybridized carbons (Fsp3) is 0.500. The van der Waals surface area contributed by atoms with Gasteiger partial charge < -0.3 is 9.47 Å². The first-order chi connectivity index (χ1) is 12.4. The predicted octanol–water partition coefficient (Wildman–Crippen LogP) is 4.60. The van der Waals surface area contributed by atoms with Crippen LogP contribution in [0.15, 0.2) is 16.6 Å². The summed E-state index contributed by atoms with van der Waals surface area (Å²) in [4.78, 5) is 12.2. The first-order valence-corrected chi connectivity index (χ1v) is 10.2. The van der Waals surface area contributed by atoms with Crippen molar-refractivity contribution in [1.29, 1.82) is 0 Å². The van der Waals surface area contributed by atoms with E-state index in [1.165, 1.54) is 11.3 Å². The van der Waals surface area contributed by atoms with Crippen molar-refractivity contribution in [3.05, 3.63) is 32.7 Å². The van der Waals surface area contributed by atoms with Gasteiger partial charge in [0.1, 0.15) is 16.9 Å². The van der Waals surface area contributed by atoms with Crippen molar-refractivity contribution in [3.8, 4) is 5.75 Å². The lowest BCUT2D eigenvalue weighted by atomic mass is 10.0. The number of aryl methyl sites for hydroxylation is 1. The molecule has 0 spiro atoms. The zero-order chi connectivity index (χ0) is 18.7. The van der Waals surface area contributed by atoms with Crippen molar-refractivity contribution in [2.75, 3.05) is 18.5 Å². The average molecular weight is 440 g/mol. The molecule has 0 radical (unpaired) electrons. The van der Waals surface area contributed by atoms with E-state index in [0.29, 0.717) is 11.0 Å². The third-order valence-corrected chi connectivity index (χ3v) is 5.95. The van der Waals surface area contributed by atoms with Crippen molar-refractivity contribution in [2.45, 2.75) is 45.6 Å². The van der Waals surface area contributed by atoms with E-state index in [4.69, 9.17) is 9.47 Å². The van der Waals surface area contributed by atoms with E-state index in [-0.39, 0.29) is 18.6 Å². The quantitative estimate of drug-likeness (QED) is 0.711. The highest BCUT2D eigenvalue weighted by Gasteiger charge is 2.22. The number of carbonyl (C=O) groups excluding carboxylic acids is 1. The monoisotopic (exact) mass is 439 g/mol. The number of amides is 1. The van der Waals surface area contributed by atoms with E-state index in [9.17, 15) is 4.79 Å². The maximum Gasteiger partial charge on any atom is 0.264 e. The molecule has 6 nitrogen and oxygen atoms in total. The van der Waals surface area contributed by atoms with Crippen LogP contribution in [0.5, 0.6) is 5.75 Å². The normalized spacial score (nSPS) is 16.9. The van der Waals surface area contributed by atoms with E-state index in [2.05, 4.69) is 45.3 Å². The van der Waals surface area contributed by atoms with Gasteiger partial charge in [0.25, 0.3) is 5.91 Å². The summed E-state index contributed by atoms with van der Waals surface area (Å²) in [7, 11) is 0. The molecule has 0 unspecified atom stereocenters. The van der Waals surface area contributed by atoms with E-state index >= 15 is 0 Å². The molecule has 2 aromatic rings. The average Bonchev–Trinajstić information content (AvgIpc) is 3.26. The molecule has 1 aliphatic rings. The lowest BCUT2D eigenvalue weighted by molar-refractivity contribution is -0.118. The van der Waals surface area contributed by atoms with Gasteiger partial charge in [-0.3, -0.25) is 10.1 Å². The van der Waals surface area contributed by atoms with Crippen molar-refractivity contribution in [2.24, 2.45) is 0 Å².